The number of rotatable bonds is 7. The van der Waals surface area contributed by atoms with E-state index >= 15 is 0 Å². The maximum Gasteiger partial charge on any atom is 0.267 e. The van der Waals surface area contributed by atoms with Crippen molar-refractivity contribution in [1.29, 1.82) is 0 Å². The van der Waals surface area contributed by atoms with Gasteiger partial charge in [0.25, 0.3) is 6.29 Å². The normalized spacial score (nSPS) is 15.2. The Morgan fingerprint density at radius 1 is 1.08 bits per heavy atom. The predicted octanol–water partition coefficient (Wildman–Crippen LogP) is 4.35. The summed E-state index contributed by atoms with van der Waals surface area (Å²) in [4.78, 5) is 14.0. The Balaban J connectivity index is 1.58. The van der Waals surface area contributed by atoms with Crippen LogP contribution in [0.4, 0.5) is 0 Å². The molecule has 4 nitrogen and oxygen atoms in total. The van der Waals surface area contributed by atoms with Crippen LogP contribution in [0.3, 0.4) is 0 Å². The molecule has 1 atom stereocenters. The number of aryl methyl sites for hydroxylation is 1. The summed E-state index contributed by atoms with van der Waals surface area (Å²) < 4.78 is 11.8. The van der Waals surface area contributed by atoms with E-state index in [1.807, 2.05) is 60.5 Å². The third kappa shape index (κ3) is 4.32. The van der Waals surface area contributed by atoms with Crippen molar-refractivity contribution in [3.63, 3.8) is 0 Å². The van der Waals surface area contributed by atoms with Crippen LogP contribution in [-0.4, -0.2) is 24.4 Å². The van der Waals surface area contributed by atoms with Crippen LogP contribution in [0.25, 0.3) is 0 Å². The van der Waals surface area contributed by atoms with E-state index in [0.717, 1.165) is 42.0 Å². The topological polar surface area (TPSA) is 38.8 Å². The average Bonchev–Trinajstić information content (AvgIpc) is 3.08. The van der Waals surface area contributed by atoms with E-state index in [-0.39, 0.29) is 5.91 Å². The van der Waals surface area contributed by atoms with Gasteiger partial charge in [-0.1, -0.05) is 49.7 Å². The zero-order chi connectivity index (χ0) is 17.6. The molecule has 0 aromatic heterocycles. The molecule has 1 aliphatic rings. The van der Waals surface area contributed by atoms with Crippen molar-refractivity contribution < 1.29 is 14.3 Å². The van der Waals surface area contributed by atoms with Crippen molar-refractivity contribution in [1.82, 2.24) is 4.90 Å². The molecule has 0 fully saturated rings. The van der Waals surface area contributed by atoms with Crippen LogP contribution >= 0.6 is 0 Å². The molecular formula is C21H25NO3. The number of benzene rings is 2. The van der Waals surface area contributed by atoms with Gasteiger partial charge >= 0.3 is 0 Å². The van der Waals surface area contributed by atoms with Gasteiger partial charge in [-0.3, -0.25) is 4.79 Å². The first-order valence-corrected chi connectivity index (χ1v) is 8.92. The van der Waals surface area contributed by atoms with Gasteiger partial charge in [-0.05, 0) is 30.5 Å². The molecule has 1 aliphatic heterocycles. The monoisotopic (exact) mass is 339 g/mol. The summed E-state index contributed by atoms with van der Waals surface area (Å²) in [6.07, 6.45) is 2.98. The largest absolute Gasteiger partial charge is 0.447 e. The molecule has 0 saturated heterocycles. The molecule has 25 heavy (non-hydrogen) atoms. The van der Waals surface area contributed by atoms with Crippen molar-refractivity contribution in [3.05, 3.63) is 59.7 Å². The molecule has 0 aliphatic carbocycles. The van der Waals surface area contributed by atoms with Gasteiger partial charge in [0.2, 0.25) is 5.91 Å². The lowest BCUT2D eigenvalue weighted by molar-refractivity contribution is -0.129. The summed E-state index contributed by atoms with van der Waals surface area (Å²) >= 11 is 0. The summed E-state index contributed by atoms with van der Waals surface area (Å²) in [5.74, 6) is 1.69. The average molecular weight is 339 g/mol. The van der Waals surface area contributed by atoms with Crippen molar-refractivity contribution in [2.24, 2.45) is 0 Å². The predicted molar refractivity (Wildman–Crippen MR) is 97.7 cm³/mol. The Labute approximate surface area is 149 Å². The van der Waals surface area contributed by atoms with Crippen molar-refractivity contribution in [2.75, 3.05) is 13.6 Å². The maximum atomic E-state index is 12.2. The molecular weight excluding hydrogens is 314 g/mol. The second-order valence-corrected chi connectivity index (χ2v) is 6.43. The van der Waals surface area contributed by atoms with Gasteiger partial charge in [0, 0.05) is 25.6 Å². The zero-order valence-corrected chi connectivity index (χ0v) is 14.9. The molecule has 132 valence electrons. The summed E-state index contributed by atoms with van der Waals surface area (Å²) in [5, 5.41) is 0. The van der Waals surface area contributed by atoms with Crippen LogP contribution < -0.4 is 9.47 Å². The van der Waals surface area contributed by atoms with Gasteiger partial charge in [0.1, 0.15) is 0 Å². The van der Waals surface area contributed by atoms with E-state index in [4.69, 9.17) is 9.47 Å². The van der Waals surface area contributed by atoms with Crippen molar-refractivity contribution >= 4 is 5.91 Å². The molecule has 2 aromatic carbocycles. The van der Waals surface area contributed by atoms with Gasteiger partial charge in [0.15, 0.2) is 11.5 Å². The van der Waals surface area contributed by atoms with E-state index in [2.05, 4.69) is 6.92 Å². The van der Waals surface area contributed by atoms with Crippen LogP contribution in [0, 0.1) is 0 Å². The molecule has 3 rings (SSSR count). The lowest BCUT2D eigenvalue weighted by Crippen LogP contribution is -2.27. The number of carbonyl (C=O) groups excluding carboxylic acids is 1. The highest BCUT2D eigenvalue weighted by molar-refractivity contribution is 5.76. The van der Waals surface area contributed by atoms with Crippen LogP contribution in [0.1, 0.15) is 43.6 Å². The molecule has 0 radical (unpaired) electrons. The first kappa shape index (κ1) is 17.3. The number of nitrogens with zero attached hydrogens (tertiary/aromatic N) is 1. The quantitative estimate of drug-likeness (QED) is 0.753. The highest BCUT2D eigenvalue weighted by Crippen LogP contribution is 2.40. The van der Waals surface area contributed by atoms with E-state index in [0.29, 0.717) is 12.8 Å². The number of ether oxygens (including phenoxy) is 2. The van der Waals surface area contributed by atoms with Gasteiger partial charge in [0.05, 0.1) is 0 Å². The van der Waals surface area contributed by atoms with E-state index in [1.54, 1.807) is 0 Å². The Morgan fingerprint density at radius 2 is 1.84 bits per heavy atom. The third-order valence-corrected chi connectivity index (χ3v) is 4.45. The fourth-order valence-electron chi connectivity index (χ4n) is 2.86. The number of carbonyl (C=O) groups is 1. The van der Waals surface area contributed by atoms with E-state index < -0.39 is 6.29 Å². The summed E-state index contributed by atoms with van der Waals surface area (Å²) in [6, 6.07) is 15.8. The van der Waals surface area contributed by atoms with Crippen molar-refractivity contribution in [3.8, 4) is 11.5 Å². The molecule has 0 saturated carbocycles. The van der Waals surface area contributed by atoms with Gasteiger partial charge in [-0.25, -0.2) is 0 Å². The molecule has 1 amide bonds. The number of hydrogen-bond acceptors (Lipinski definition) is 3. The second-order valence-electron chi connectivity index (χ2n) is 6.43. The van der Waals surface area contributed by atoms with Gasteiger partial charge in [-0.15, -0.1) is 0 Å². The SMILES string of the molecule is CCCCN(C)C(=O)CCc1ccc2c(c1)OC(c1ccccc1)O2. The zero-order valence-electron chi connectivity index (χ0n) is 14.9. The highest BCUT2D eigenvalue weighted by Gasteiger charge is 2.25. The minimum absolute atomic E-state index is 0.188. The third-order valence-electron chi connectivity index (χ3n) is 4.45. The Hall–Kier alpha value is -2.49. The molecule has 0 N–H and O–H groups in total. The van der Waals surface area contributed by atoms with Gasteiger partial charge in [-0.2, -0.15) is 0 Å². The van der Waals surface area contributed by atoms with E-state index in [1.165, 1.54) is 0 Å². The highest BCUT2D eigenvalue weighted by atomic mass is 16.7. The van der Waals surface area contributed by atoms with Crippen LogP contribution in [0.5, 0.6) is 11.5 Å². The minimum atomic E-state index is -0.395. The first-order chi connectivity index (χ1) is 12.2. The minimum Gasteiger partial charge on any atom is -0.447 e. The Kier molecular flexibility index (Phi) is 5.59. The number of amides is 1. The van der Waals surface area contributed by atoms with Crippen LogP contribution in [0.2, 0.25) is 0 Å². The van der Waals surface area contributed by atoms with Crippen LogP contribution in [0.15, 0.2) is 48.5 Å². The fraction of sp³-hybridized carbons (Fsp3) is 0.381. The molecule has 1 unspecified atom stereocenters. The lowest BCUT2D eigenvalue weighted by atomic mass is 10.1. The standard InChI is InChI=1S/C21H25NO3/c1-3-4-14-22(2)20(23)13-11-16-10-12-18-19(15-16)25-21(24-18)17-8-6-5-7-9-17/h5-10,12,15,21H,3-4,11,13-14H2,1-2H3. The van der Waals surface area contributed by atoms with Crippen LogP contribution in [-0.2, 0) is 11.2 Å². The van der Waals surface area contributed by atoms with E-state index in [9.17, 15) is 4.79 Å². The Morgan fingerprint density at radius 3 is 2.60 bits per heavy atom. The maximum absolute atomic E-state index is 12.2. The first-order valence-electron chi connectivity index (χ1n) is 8.92. The molecule has 4 heteroatoms. The molecule has 0 bridgehead atoms. The molecule has 2 aromatic rings. The van der Waals surface area contributed by atoms with Gasteiger partial charge < -0.3 is 14.4 Å². The number of fused-ring (bicyclic) bond motifs is 1. The fourth-order valence-corrected chi connectivity index (χ4v) is 2.86. The Bertz CT molecular complexity index is 714. The molecule has 1 heterocycles. The molecule has 0 spiro atoms. The summed E-state index contributed by atoms with van der Waals surface area (Å²) in [5.41, 5.74) is 2.08. The smallest absolute Gasteiger partial charge is 0.267 e. The summed E-state index contributed by atoms with van der Waals surface area (Å²) in [6.45, 7) is 2.96. The number of unbranched alkanes of at least 4 members (excludes halogenated alkanes) is 1. The van der Waals surface area contributed by atoms with Crippen molar-refractivity contribution in [2.45, 2.75) is 38.9 Å². The number of hydrogen-bond donors (Lipinski definition) is 0. The lowest BCUT2D eigenvalue weighted by Gasteiger charge is -2.16. The summed E-state index contributed by atoms with van der Waals surface area (Å²) in [7, 11) is 1.88. The second kappa shape index (κ2) is 8.06.